The van der Waals surface area contributed by atoms with Crippen LogP contribution in [0, 0.1) is 12.8 Å². The quantitative estimate of drug-likeness (QED) is 0.671. The summed E-state index contributed by atoms with van der Waals surface area (Å²) in [6.45, 7) is 4.32. The van der Waals surface area contributed by atoms with Crippen molar-refractivity contribution in [3.8, 4) is 0 Å². The number of aryl methyl sites for hydroxylation is 3. The van der Waals surface area contributed by atoms with Gasteiger partial charge in [0.05, 0.1) is 4.90 Å². The Kier molecular flexibility index (Phi) is 6.86. The first-order valence-electron chi connectivity index (χ1n) is 11.6. The van der Waals surface area contributed by atoms with E-state index >= 15 is 0 Å². The highest BCUT2D eigenvalue weighted by molar-refractivity contribution is 7.89. The minimum atomic E-state index is -3.56. The summed E-state index contributed by atoms with van der Waals surface area (Å²) in [5.41, 5.74) is 4.57. The van der Waals surface area contributed by atoms with E-state index in [1.54, 1.807) is 25.1 Å². The molecule has 33 heavy (non-hydrogen) atoms. The van der Waals surface area contributed by atoms with E-state index in [1.165, 1.54) is 9.87 Å². The third-order valence-electron chi connectivity index (χ3n) is 6.63. The average Bonchev–Trinajstić information content (AvgIpc) is 3.29. The number of hydrogen-bond donors (Lipinski definition) is 2. The first-order chi connectivity index (χ1) is 15.8. The summed E-state index contributed by atoms with van der Waals surface area (Å²) >= 11 is 0. The SMILES string of the molecule is CCC(=O)Nc1ccc(C)c(NC(=O)C2CCN(S(=O)(=O)c3ccc4c(c3)CCC4)CC2)c1. The molecular formula is C25H31N3O4S. The molecule has 2 amide bonds. The third-order valence-corrected chi connectivity index (χ3v) is 8.53. The minimum absolute atomic E-state index is 0.0897. The summed E-state index contributed by atoms with van der Waals surface area (Å²) in [6.07, 6.45) is 4.35. The largest absolute Gasteiger partial charge is 0.326 e. The Morgan fingerprint density at radius 1 is 1.00 bits per heavy atom. The van der Waals surface area contributed by atoms with E-state index in [1.807, 2.05) is 25.1 Å². The number of sulfonamides is 1. The lowest BCUT2D eigenvalue weighted by Crippen LogP contribution is -2.41. The normalized spacial score (nSPS) is 16.9. The number of carbonyl (C=O) groups excluding carboxylic acids is 2. The number of benzene rings is 2. The standard InChI is InChI=1S/C25H31N3O4S/c1-3-24(29)26-21-9-7-17(2)23(16-21)27-25(30)19-11-13-28(14-12-19)33(31,32)22-10-8-18-5-4-6-20(18)15-22/h7-10,15-16,19H,3-6,11-14H2,1-2H3,(H,26,29)(H,27,30). The molecule has 2 aliphatic rings. The number of piperidine rings is 1. The zero-order valence-corrected chi connectivity index (χ0v) is 20.0. The van der Waals surface area contributed by atoms with Crippen LogP contribution in [0.4, 0.5) is 11.4 Å². The van der Waals surface area contributed by atoms with Gasteiger partial charge in [-0.3, -0.25) is 9.59 Å². The Hall–Kier alpha value is -2.71. The number of fused-ring (bicyclic) bond motifs is 1. The molecule has 2 N–H and O–H groups in total. The second kappa shape index (κ2) is 9.65. The molecule has 1 aliphatic heterocycles. The van der Waals surface area contributed by atoms with E-state index in [2.05, 4.69) is 10.6 Å². The van der Waals surface area contributed by atoms with Crippen LogP contribution in [0.3, 0.4) is 0 Å². The Bertz CT molecular complexity index is 1170. The molecule has 176 valence electrons. The Balaban J connectivity index is 1.38. The van der Waals surface area contributed by atoms with Gasteiger partial charge in [-0.05, 0) is 80.0 Å². The summed E-state index contributed by atoms with van der Waals surface area (Å²) in [5.74, 6) is -0.468. The molecule has 1 fully saturated rings. The smallest absolute Gasteiger partial charge is 0.243 e. The van der Waals surface area contributed by atoms with Crippen molar-refractivity contribution in [3.63, 3.8) is 0 Å². The molecular weight excluding hydrogens is 438 g/mol. The van der Waals surface area contributed by atoms with Crippen LogP contribution in [0.25, 0.3) is 0 Å². The number of nitrogens with zero attached hydrogens (tertiary/aromatic N) is 1. The highest BCUT2D eigenvalue weighted by atomic mass is 32.2. The molecule has 0 radical (unpaired) electrons. The third kappa shape index (κ3) is 5.12. The van der Waals surface area contributed by atoms with E-state index in [9.17, 15) is 18.0 Å². The van der Waals surface area contributed by atoms with Crippen LogP contribution in [0.1, 0.15) is 49.3 Å². The lowest BCUT2D eigenvalue weighted by atomic mass is 9.97. The number of rotatable bonds is 6. The molecule has 7 nitrogen and oxygen atoms in total. The Labute approximate surface area is 195 Å². The van der Waals surface area contributed by atoms with Crippen molar-refractivity contribution in [2.75, 3.05) is 23.7 Å². The van der Waals surface area contributed by atoms with Crippen LogP contribution in [-0.4, -0.2) is 37.6 Å². The molecule has 0 saturated carbocycles. The maximum absolute atomic E-state index is 13.1. The molecule has 1 aliphatic carbocycles. The van der Waals surface area contributed by atoms with Crippen molar-refractivity contribution in [1.82, 2.24) is 4.31 Å². The van der Waals surface area contributed by atoms with E-state index in [0.717, 1.165) is 30.4 Å². The van der Waals surface area contributed by atoms with Gasteiger partial charge in [0, 0.05) is 36.8 Å². The van der Waals surface area contributed by atoms with Crippen LogP contribution in [0.5, 0.6) is 0 Å². The van der Waals surface area contributed by atoms with Crippen molar-refractivity contribution < 1.29 is 18.0 Å². The summed E-state index contributed by atoms with van der Waals surface area (Å²) in [5, 5.41) is 5.77. The number of amides is 2. The summed E-state index contributed by atoms with van der Waals surface area (Å²) in [7, 11) is -3.56. The molecule has 0 spiro atoms. The predicted molar refractivity (Wildman–Crippen MR) is 129 cm³/mol. The maximum Gasteiger partial charge on any atom is 0.243 e. The fraction of sp³-hybridized carbons (Fsp3) is 0.440. The van der Waals surface area contributed by atoms with Gasteiger partial charge in [0.1, 0.15) is 0 Å². The van der Waals surface area contributed by atoms with E-state index in [-0.39, 0.29) is 17.7 Å². The first-order valence-corrected chi connectivity index (χ1v) is 13.0. The van der Waals surface area contributed by atoms with Crippen molar-refractivity contribution in [1.29, 1.82) is 0 Å². The van der Waals surface area contributed by atoms with Crippen LogP contribution >= 0.6 is 0 Å². The highest BCUT2D eigenvalue weighted by Gasteiger charge is 2.32. The van der Waals surface area contributed by atoms with Gasteiger partial charge in [-0.15, -0.1) is 0 Å². The van der Waals surface area contributed by atoms with Gasteiger partial charge in [-0.1, -0.05) is 19.1 Å². The monoisotopic (exact) mass is 469 g/mol. The maximum atomic E-state index is 13.1. The van der Waals surface area contributed by atoms with Gasteiger partial charge in [0.15, 0.2) is 0 Å². The molecule has 0 bridgehead atoms. The minimum Gasteiger partial charge on any atom is -0.326 e. The fourth-order valence-electron chi connectivity index (χ4n) is 4.53. The summed E-state index contributed by atoms with van der Waals surface area (Å²) < 4.78 is 27.8. The lowest BCUT2D eigenvalue weighted by Gasteiger charge is -2.30. The number of nitrogens with one attached hydrogen (secondary N) is 2. The van der Waals surface area contributed by atoms with Crippen LogP contribution < -0.4 is 10.6 Å². The molecule has 0 unspecified atom stereocenters. The van der Waals surface area contributed by atoms with Crippen molar-refractivity contribution in [2.45, 2.75) is 57.3 Å². The molecule has 4 rings (SSSR count). The fourth-order valence-corrected chi connectivity index (χ4v) is 6.06. The molecule has 0 atom stereocenters. The van der Waals surface area contributed by atoms with E-state index in [4.69, 9.17) is 0 Å². The van der Waals surface area contributed by atoms with Crippen molar-refractivity contribution >= 4 is 33.2 Å². The zero-order chi connectivity index (χ0) is 23.6. The van der Waals surface area contributed by atoms with Crippen molar-refractivity contribution in [3.05, 3.63) is 53.1 Å². The Morgan fingerprint density at radius 3 is 2.45 bits per heavy atom. The van der Waals surface area contributed by atoms with E-state index in [0.29, 0.717) is 48.6 Å². The predicted octanol–water partition coefficient (Wildman–Crippen LogP) is 3.87. The van der Waals surface area contributed by atoms with Gasteiger partial charge < -0.3 is 10.6 Å². The first kappa shape index (κ1) is 23.4. The average molecular weight is 470 g/mol. The van der Waals surface area contributed by atoms with E-state index < -0.39 is 10.0 Å². The highest BCUT2D eigenvalue weighted by Crippen LogP contribution is 2.29. The lowest BCUT2D eigenvalue weighted by molar-refractivity contribution is -0.121. The van der Waals surface area contributed by atoms with Gasteiger partial charge in [0.25, 0.3) is 0 Å². The zero-order valence-electron chi connectivity index (χ0n) is 19.2. The van der Waals surface area contributed by atoms with Crippen LogP contribution in [0.2, 0.25) is 0 Å². The molecule has 1 heterocycles. The number of hydrogen-bond acceptors (Lipinski definition) is 4. The van der Waals surface area contributed by atoms with Crippen LogP contribution in [0.15, 0.2) is 41.3 Å². The number of carbonyl (C=O) groups is 2. The van der Waals surface area contributed by atoms with Gasteiger partial charge in [0.2, 0.25) is 21.8 Å². The molecule has 1 saturated heterocycles. The second-order valence-corrected chi connectivity index (χ2v) is 10.8. The second-order valence-electron chi connectivity index (χ2n) is 8.88. The molecule has 8 heteroatoms. The summed E-state index contributed by atoms with van der Waals surface area (Å²) in [6, 6.07) is 10.9. The number of anilines is 2. The van der Waals surface area contributed by atoms with Gasteiger partial charge in [-0.25, -0.2) is 8.42 Å². The molecule has 0 aromatic heterocycles. The molecule has 2 aromatic carbocycles. The van der Waals surface area contributed by atoms with Gasteiger partial charge >= 0.3 is 0 Å². The van der Waals surface area contributed by atoms with Gasteiger partial charge in [-0.2, -0.15) is 4.31 Å². The Morgan fingerprint density at radius 2 is 1.73 bits per heavy atom. The van der Waals surface area contributed by atoms with Crippen molar-refractivity contribution in [2.24, 2.45) is 5.92 Å². The molecule has 2 aromatic rings. The summed E-state index contributed by atoms with van der Waals surface area (Å²) in [4.78, 5) is 24.9. The van der Waals surface area contributed by atoms with Crippen LogP contribution in [-0.2, 0) is 32.5 Å². The topological polar surface area (TPSA) is 95.6 Å².